The van der Waals surface area contributed by atoms with E-state index in [0.717, 1.165) is 24.3 Å². The first-order valence-corrected chi connectivity index (χ1v) is 9.15. The van der Waals surface area contributed by atoms with Crippen LogP contribution in [-0.4, -0.2) is 34.9 Å². The number of carbonyl (C=O) groups excluding carboxylic acids is 1. The van der Waals surface area contributed by atoms with Gasteiger partial charge >= 0.3 is 0 Å². The third-order valence-corrected chi connectivity index (χ3v) is 5.05. The Morgan fingerprint density at radius 1 is 1.20 bits per heavy atom. The van der Waals surface area contributed by atoms with E-state index in [2.05, 4.69) is 47.2 Å². The van der Waals surface area contributed by atoms with Crippen LogP contribution < -0.4 is 5.32 Å². The third-order valence-electron chi connectivity index (χ3n) is 5.05. The predicted octanol–water partition coefficient (Wildman–Crippen LogP) is 3.85. The summed E-state index contributed by atoms with van der Waals surface area (Å²) >= 11 is 0. The van der Waals surface area contributed by atoms with Crippen molar-refractivity contribution in [3.8, 4) is 0 Å². The standard InChI is InChI=1S/C21H27N3O/c1-16(2)24-12-9-17(10-13-24)20-8-4-3-6-18(20)14-21(25)23-19-7-5-11-22-15-19/h3-8,11,15-17H,9-10,12-14H2,1-2H3,(H,23,25). The van der Waals surface area contributed by atoms with Gasteiger partial charge in [0, 0.05) is 12.2 Å². The summed E-state index contributed by atoms with van der Waals surface area (Å²) in [6.45, 7) is 6.80. The van der Waals surface area contributed by atoms with Crippen molar-refractivity contribution in [2.24, 2.45) is 0 Å². The van der Waals surface area contributed by atoms with Crippen molar-refractivity contribution in [1.29, 1.82) is 0 Å². The van der Waals surface area contributed by atoms with Gasteiger partial charge in [0.2, 0.25) is 5.91 Å². The van der Waals surface area contributed by atoms with Gasteiger partial charge in [-0.05, 0) is 69.0 Å². The van der Waals surface area contributed by atoms with Crippen molar-refractivity contribution >= 4 is 11.6 Å². The summed E-state index contributed by atoms with van der Waals surface area (Å²) in [5.41, 5.74) is 3.23. The first-order valence-electron chi connectivity index (χ1n) is 9.15. The normalized spacial score (nSPS) is 16.1. The Bertz CT molecular complexity index is 691. The highest BCUT2D eigenvalue weighted by atomic mass is 16.1. The van der Waals surface area contributed by atoms with Gasteiger partial charge in [-0.1, -0.05) is 24.3 Å². The fourth-order valence-corrected chi connectivity index (χ4v) is 3.64. The average molecular weight is 337 g/mol. The van der Waals surface area contributed by atoms with Gasteiger partial charge in [0.1, 0.15) is 0 Å². The number of nitrogens with zero attached hydrogens (tertiary/aromatic N) is 2. The molecule has 132 valence electrons. The van der Waals surface area contributed by atoms with Gasteiger partial charge in [-0.3, -0.25) is 9.78 Å². The summed E-state index contributed by atoms with van der Waals surface area (Å²) in [7, 11) is 0. The fraction of sp³-hybridized carbons (Fsp3) is 0.429. The lowest BCUT2D eigenvalue weighted by Crippen LogP contribution is -2.38. The molecule has 0 unspecified atom stereocenters. The highest BCUT2D eigenvalue weighted by Gasteiger charge is 2.24. The number of anilines is 1. The zero-order valence-corrected chi connectivity index (χ0v) is 15.1. The molecule has 2 heterocycles. The molecule has 0 bridgehead atoms. The van der Waals surface area contributed by atoms with Crippen LogP contribution in [0.25, 0.3) is 0 Å². The summed E-state index contributed by atoms with van der Waals surface area (Å²) in [6, 6.07) is 12.7. The second-order valence-electron chi connectivity index (χ2n) is 7.07. The number of aromatic nitrogens is 1. The van der Waals surface area contributed by atoms with Crippen LogP contribution in [0, 0.1) is 0 Å². The van der Waals surface area contributed by atoms with Crippen molar-refractivity contribution in [2.75, 3.05) is 18.4 Å². The van der Waals surface area contributed by atoms with Crippen LogP contribution >= 0.6 is 0 Å². The molecule has 25 heavy (non-hydrogen) atoms. The molecule has 0 saturated carbocycles. The van der Waals surface area contributed by atoms with E-state index in [9.17, 15) is 4.79 Å². The van der Waals surface area contributed by atoms with Crippen LogP contribution in [0.15, 0.2) is 48.8 Å². The number of hydrogen-bond donors (Lipinski definition) is 1. The van der Waals surface area contributed by atoms with Crippen LogP contribution in [0.1, 0.15) is 43.7 Å². The van der Waals surface area contributed by atoms with E-state index in [1.807, 2.05) is 18.2 Å². The lowest BCUT2D eigenvalue weighted by molar-refractivity contribution is -0.115. The lowest BCUT2D eigenvalue weighted by Gasteiger charge is -2.35. The first kappa shape index (κ1) is 17.6. The molecule has 4 heteroatoms. The Balaban J connectivity index is 1.66. The van der Waals surface area contributed by atoms with Gasteiger partial charge < -0.3 is 10.2 Å². The summed E-state index contributed by atoms with van der Waals surface area (Å²) in [5.74, 6) is 0.567. The van der Waals surface area contributed by atoms with Crippen molar-refractivity contribution < 1.29 is 4.79 Å². The average Bonchev–Trinajstić information content (AvgIpc) is 2.63. The second kappa shape index (κ2) is 8.26. The number of rotatable bonds is 5. The van der Waals surface area contributed by atoms with E-state index in [0.29, 0.717) is 18.4 Å². The fourth-order valence-electron chi connectivity index (χ4n) is 3.64. The Morgan fingerprint density at radius 3 is 2.64 bits per heavy atom. The van der Waals surface area contributed by atoms with Gasteiger partial charge in [-0.2, -0.15) is 0 Å². The molecule has 1 aliphatic heterocycles. The van der Waals surface area contributed by atoms with Crippen LogP contribution in [-0.2, 0) is 11.2 Å². The molecule has 1 amide bonds. The number of hydrogen-bond acceptors (Lipinski definition) is 3. The molecule has 1 fully saturated rings. The first-order chi connectivity index (χ1) is 12.1. The van der Waals surface area contributed by atoms with Crippen LogP contribution in [0.4, 0.5) is 5.69 Å². The van der Waals surface area contributed by atoms with Gasteiger partial charge in [0.05, 0.1) is 18.3 Å². The van der Waals surface area contributed by atoms with E-state index in [4.69, 9.17) is 0 Å². The highest BCUT2D eigenvalue weighted by Crippen LogP contribution is 2.31. The number of piperidine rings is 1. The SMILES string of the molecule is CC(C)N1CCC(c2ccccc2CC(=O)Nc2cccnc2)CC1. The molecule has 0 radical (unpaired) electrons. The maximum Gasteiger partial charge on any atom is 0.228 e. The predicted molar refractivity (Wildman–Crippen MR) is 102 cm³/mol. The summed E-state index contributed by atoms with van der Waals surface area (Å²) in [4.78, 5) is 19.0. The van der Waals surface area contributed by atoms with E-state index < -0.39 is 0 Å². The van der Waals surface area contributed by atoms with E-state index >= 15 is 0 Å². The number of pyridine rings is 1. The molecule has 0 aliphatic carbocycles. The second-order valence-corrected chi connectivity index (χ2v) is 7.07. The smallest absolute Gasteiger partial charge is 0.228 e. The van der Waals surface area contributed by atoms with Crippen molar-refractivity contribution in [1.82, 2.24) is 9.88 Å². The van der Waals surface area contributed by atoms with Gasteiger partial charge in [0.25, 0.3) is 0 Å². The summed E-state index contributed by atoms with van der Waals surface area (Å²) in [6.07, 6.45) is 6.12. The molecule has 1 aliphatic rings. The molecular weight excluding hydrogens is 310 g/mol. The summed E-state index contributed by atoms with van der Waals surface area (Å²) in [5, 5.41) is 2.93. The van der Waals surface area contributed by atoms with E-state index in [1.54, 1.807) is 12.4 Å². The van der Waals surface area contributed by atoms with Crippen molar-refractivity contribution in [2.45, 2.75) is 45.1 Å². The largest absolute Gasteiger partial charge is 0.324 e. The zero-order valence-electron chi connectivity index (χ0n) is 15.1. The minimum Gasteiger partial charge on any atom is -0.324 e. The van der Waals surface area contributed by atoms with Gasteiger partial charge in [0.15, 0.2) is 0 Å². The number of benzene rings is 1. The van der Waals surface area contributed by atoms with E-state index in [1.165, 1.54) is 18.4 Å². The molecule has 1 N–H and O–H groups in total. The Labute approximate surface area is 150 Å². The topological polar surface area (TPSA) is 45.2 Å². The number of nitrogens with one attached hydrogen (secondary N) is 1. The molecule has 0 atom stereocenters. The maximum absolute atomic E-state index is 12.4. The lowest BCUT2D eigenvalue weighted by atomic mass is 9.85. The van der Waals surface area contributed by atoms with E-state index in [-0.39, 0.29) is 5.91 Å². The Hall–Kier alpha value is -2.20. The van der Waals surface area contributed by atoms with Crippen LogP contribution in [0.5, 0.6) is 0 Å². The molecule has 1 aromatic carbocycles. The van der Waals surface area contributed by atoms with Gasteiger partial charge in [-0.15, -0.1) is 0 Å². The maximum atomic E-state index is 12.4. The molecule has 2 aromatic rings. The number of carbonyl (C=O) groups is 1. The van der Waals surface area contributed by atoms with Crippen molar-refractivity contribution in [3.05, 3.63) is 59.9 Å². The quantitative estimate of drug-likeness (QED) is 0.901. The summed E-state index contributed by atoms with van der Waals surface area (Å²) < 4.78 is 0. The molecule has 1 saturated heterocycles. The molecular formula is C21H27N3O. The molecule has 3 rings (SSSR count). The van der Waals surface area contributed by atoms with Crippen LogP contribution in [0.2, 0.25) is 0 Å². The molecule has 1 aromatic heterocycles. The zero-order chi connectivity index (χ0) is 17.6. The third kappa shape index (κ3) is 4.67. The van der Waals surface area contributed by atoms with Crippen molar-refractivity contribution in [3.63, 3.8) is 0 Å². The van der Waals surface area contributed by atoms with Crippen LogP contribution in [0.3, 0.4) is 0 Å². The Kier molecular flexibility index (Phi) is 5.82. The number of likely N-dealkylation sites (tertiary alicyclic amines) is 1. The molecule has 0 spiro atoms. The van der Waals surface area contributed by atoms with Gasteiger partial charge in [-0.25, -0.2) is 0 Å². The Morgan fingerprint density at radius 2 is 1.96 bits per heavy atom. The minimum absolute atomic E-state index is 0.0140. The minimum atomic E-state index is 0.0140. The number of amides is 1. The highest BCUT2D eigenvalue weighted by molar-refractivity contribution is 5.92. The monoisotopic (exact) mass is 337 g/mol. The molecule has 4 nitrogen and oxygen atoms in total.